The number of benzene rings is 2. The SMILES string of the molecule is COC(=O)c1cccc(NC(=O)CN(C(C)=O)c2ccc(C#N)cc2)c1. The van der Waals surface area contributed by atoms with Crippen LogP contribution in [0.5, 0.6) is 0 Å². The molecule has 0 heterocycles. The molecule has 0 bridgehead atoms. The molecule has 7 heteroatoms. The lowest BCUT2D eigenvalue weighted by molar-refractivity contribution is -0.120. The highest BCUT2D eigenvalue weighted by Gasteiger charge is 2.16. The van der Waals surface area contributed by atoms with Crippen LogP contribution in [0.15, 0.2) is 48.5 Å². The lowest BCUT2D eigenvalue weighted by atomic mass is 10.2. The number of nitrogens with one attached hydrogen (secondary N) is 1. The van der Waals surface area contributed by atoms with Crippen LogP contribution in [0.2, 0.25) is 0 Å². The van der Waals surface area contributed by atoms with E-state index in [0.717, 1.165) is 0 Å². The molecule has 26 heavy (non-hydrogen) atoms. The fraction of sp³-hybridized carbons (Fsp3) is 0.158. The lowest BCUT2D eigenvalue weighted by Gasteiger charge is -2.20. The van der Waals surface area contributed by atoms with Gasteiger partial charge in [-0.25, -0.2) is 4.79 Å². The Bertz CT molecular complexity index is 869. The second kappa shape index (κ2) is 8.44. The van der Waals surface area contributed by atoms with E-state index >= 15 is 0 Å². The van der Waals surface area contributed by atoms with Crippen LogP contribution in [0, 0.1) is 11.3 Å². The van der Waals surface area contributed by atoms with Gasteiger partial charge in [0.05, 0.1) is 24.3 Å². The highest BCUT2D eigenvalue weighted by atomic mass is 16.5. The van der Waals surface area contributed by atoms with Crippen molar-refractivity contribution >= 4 is 29.2 Å². The minimum Gasteiger partial charge on any atom is -0.465 e. The number of carbonyl (C=O) groups excluding carboxylic acids is 3. The van der Waals surface area contributed by atoms with E-state index in [2.05, 4.69) is 10.1 Å². The highest BCUT2D eigenvalue weighted by Crippen LogP contribution is 2.16. The number of hydrogen-bond donors (Lipinski definition) is 1. The molecule has 0 aliphatic carbocycles. The Labute approximate surface area is 150 Å². The number of rotatable bonds is 5. The highest BCUT2D eigenvalue weighted by molar-refractivity contribution is 6.02. The topological polar surface area (TPSA) is 99.5 Å². The number of amides is 2. The molecule has 2 rings (SSSR count). The molecule has 2 amide bonds. The molecule has 0 unspecified atom stereocenters. The van der Waals surface area contributed by atoms with E-state index in [9.17, 15) is 14.4 Å². The summed E-state index contributed by atoms with van der Waals surface area (Å²) in [4.78, 5) is 37.0. The van der Waals surface area contributed by atoms with Gasteiger partial charge in [-0.1, -0.05) is 6.07 Å². The maximum absolute atomic E-state index is 12.3. The first kappa shape index (κ1) is 18.7. The van der Waals surface area contributed by atoms with Crippen molar-refractivity contribution in [2.24, 2.45) is 0 Å². The van der Waals surface area contributed by atoms with Crippen molar-refractivity contribution in [2.45, 2.75) is 6.92 Å². The molecular formula is C19H17N3O4. The van der Waals surface area contributed by atoms with E-state index in [1.165, 1.54) is 25.0 Å². The van der Waals surface area contributed by atoms with Gasteiger partial charge in [-0.2, -0.15) is 5.26 Å². The van der Waals surface area contributed by atoms with E-state index in [1.54, 1.807) is 42.5 Å². The van der Waals surface area contributed by atoms with Gasteiger partial charge in [0, 0.05) is 18.3 Å². The third-order valence-electron chi connectivity index (χ3n) is 3.56. The molecule has 1 N–H and O–H groups in total. The van der Waals surface area contributed by atoms with Crippen molar-refractivity contribution in [3.8, 4) is 6.07 Å². The van der Waals surface area contributed by atoms with Crippen molar-refractivity contribution < 1.29 is 19.1 Å². The van der Waals surface area contributed by atoms with Crippen LogP contribution in [0.4, 0.5) is 11.4 Å². The third kappa shape index (κ3) is 4.68. The molecule has 0 saturated heterocycles. The summed E-state index contributed by atoms with van der Waals surface area (Å²) in [6.07, 6.45) is 0. The smallest absolute Gasteiger partial charge is 0.337 e. The standard InChI is InChI=1S/C19H17N3O4/c1-13(23)22(17-8-6-14(11-20)7-9-17)12-18(24)21-16-5-3-4-15(10-16)19(25)26-2/h3-10H,12H2,1-2H3,(H,21,24). The van der Waals surface area contributed by atoms with Gasteiger partial charge in [0.15, 0.2) is 0 Å². The van der Waals surface area contributed by atoms with Crippen LogP contribution in [0.1, 0.15) is 22.8 Å². The summed E-state index contributed by atoms with van der Waals surface area (Å²) in [7, 11) is 1.27. The van der Waals surface area contributed by atoms with Crippen LogP contribution in [-0.4, -0.2) is 31.4 Å². The molecule has 132 valence electrons. The minimum atomic E-state index is -0.510. The van der Waals surface area contributed by atoms with Gasteiger partial charge < -0.3 is 15.0 Å². The van der Waals surface area contributed by atoms with E-state index in [1.807, 2.05) is 6.07 Å². The maximum Gasteiger partial charge on any atom is 0.337 e. The molecular weight excluding hydrogens is 334 g/mol. The molecule has 0 aliphatic heterocycles. The second-order valence-electron chi connectivity index (χ2n) is 5.38. The summed E-state index contributed by atoms with van der Waals surface area (Å²) < 4.78 is 4.64. The van der Waals surface area contributed by atoms with Crippen LogP contribution in [0.25, 0.3) is 0 Å². The molecule has 0 radical (unpaired) electrons. The fourth-order valence-corrected chi connectivity index (χ4v) is 2.29. The van der Waals surface area contributed by atoms with Crippen molar-refractivity contribution in [3.63, 3.8) is 0 Å². The van der Waals surface area contributed by atoms with Crippen molar-refractivity contribution in [2.75, 3.05) is 23.9 Å². The Morgan fingerprint density at radius 2 is 1.85 bits per heavy atom. The number of anilines is 2. The Kier molecular flexibility index (Phi) is 6.06. The predicted octanol–water partition coefficient (Wildman–Crippen LogP) is 2.34. The van der Waals surface area contributed by atoms with Gasteiger partial charge in [0.25, 0.3) is 0 Å². The maximum atomic E-state index is 12.3. The Morgan fingerprint density at radius 3 is 2.42 bits per heavy atom. The minimum absolute atomic E-state index is 0.205. The van der Waals surface area contributed by atoms with Crippen LogP contribution >= 0.6 is 0 Å². The zero-order valence-electron chi connectivity index (χ0n) is 14.4. The average Bonchev–Trinajstić information content (AvgIpc) is 2.65. The summed E-state index contributed by atoms with van der Waals surface area (Å²) in [5.74, 6) is -1.25. The molecule has 7 nitrogen and oxygen atoms in total. The zero-order valence-corrected chi connectivity index (χ0v) is 14.4. The van der Waals surface area contributed by atoms with Crippen LogP contribution in [0.3, 0.4) is 0 Å². The number of nitrogens with zero attached hydrogens (tertiary/aromatic N) is 2. The lowest BCUT2D eigenvalue weighted by Crippen LogP contribution is -2.36. The van der Waals surface area contributed by atoms with Crippen molar-refractivity contribution in [3.05, 3.63) is 59.7 Å². The third-order valence-corrected chi connectivity index (χ3v) is 3.56. The normalized spacial score (nSPS) is 9.73. The molecule has 2 aromatic carbocycles. The van der Waals surface area contributed by atoms with E-state index in [-0.39, 0.29) is 12.5 Å². The van der Waals surface area contributed by atoms with Crippen molar-refractivity contribution in [1.82, 2.24) is 0 Å². The summed E-state index contributed by atoms with van der Waals surface area (Å²) in [5.41, 5.74) is 1.69. The van der Waals surface area contributed by atoms with E-state index in [0.29, 0.717) is 22.5 Å². The number of hydrogen-bond acceptors (Lipinski definition) is 5. The molecule has 0 fully saturated rings. The molecule has 0 aromatic heterocycles. The van der Waals surface area contributed by atoms with Gasteiger partial charge in [-0.15, -0.1) is 0 Å². The van der Waals surface area contributed by atoms with Gasteiger partial charge in [-0.05, 0) is 42.5 Å². The molecule has 0 atom stereocenters. The predicted molar refractivity (Wildman–Crippen MR) is 95.6 cm³/mol. The first-order valence-corrected chi connectivity index (χ1v) is 7.71. The average molecular weight is 351 g/mol. The van der Waals surface area contributed by atoms with E-state index < -0.39 is 11.9 Å². The summed E-state index contributed by atoms with van der Waals surface area (Å²) in [6.45, 7) is 1.15. The zero-order chi connectivity index (χ0) is 19.1. The molecule has 0 saturated carbocycles. The Balaban J connectivity index is 2.12. The number of esters is 1. The van der Waals surface area contributed by atoms with Gasteiger partial charge in [0.2, 0.25) is 11.8 Å². The van der Waals surface area contributed by atoms with Gasteiger partial charge >= 0.3 is 5.97 Å². The van der Waals surface area contributed by atoms with Crippen LogP contribution < -0.4 is 10.2 Å². The van der Waals surface area contributed by atoms with Crippen molar-refractivity contribution in [1.29, 1.82) is 5.26 Å². The number of ether oxygens (including phenoxy) is 1. The van der Waals surface area contributed by atoms with Gasteiger partial charge in [0.1, 0.15) is 6.54 Å². The number of nitriles is 1. The van der Waals surface area contributed by atoms with Gasteiger partial charge in [-0.3, -0.25) is 9.59 Å². The molecule has 2 aromatic rings. The Morgan fingerprint density at radius 1 is 1.15 bits per heavy atom. The van der Waals surface area contributed by atoms with E-state index in [4.69, 9.17) is 5.26 Å². The second-order valence-corrected chi connectivity index (χ2v) is 5.38. The number of methoxy groups -OCH3 is 1. The number of carbonyl (C=O) groups is 3. The Hall–Kier alpha value is -3.66. The quantitative estimate of drug-likeness (QED) is 0.834. The monoisotopic (exact) mass is 351 g/mol. The summed E-state index contributed by atoms with van der Waals surface area (Å²) in [5, 5.41) is 11.5. The fourth-order valence-electron chi connectivity index (χ4n) is 2.29. The first-order chi connectivity index (χ1) is 12.4. The summed E-state index contributed by atoms with van der Waals surface area (Å²) in [6, 6.07) is 14.6. The molecule has 0 spiro atoms. The first-order valence-electron chi connectivity index (χ1n) is 7.71. The van der Waals surface area contributed by atoms with Crippen LogP contribution in [-0.2, 0) is 14.3 Å². The summed E-state index contributed by atoms with van der Waals surface area (Å²) >= 11 is 0. The molecule has 0 aliphatic rings. The largest absolute Gasteiger partial charge is 0.465 e.